The Morgan fingerprint density at radius 1 is 1.22 bits per heavy atom. The summed E-state index contributed by atoms with van der Waals surface area (Å²) in [5, 5.41) is 4.23. The molecule has 6 heteroatoms. The first-order valence-corrected chi connectivity index (χ1v) is 9.33. The number of benzene rings is 1. The molecule has 126 valence electrons. The molecule has 0 bridgehead atoms. The molecule has 0 radical (unpaired) electrons. The number of nitrogens with zero attached hydrogens (tertiary/aromatic N) is 1. The van der Waals surface area contributed by atoms with Crippen LogP contribution in [0.4, 0.5) is 5.69 Å². The van der Waals surface area contributed by atoms with E-state index in [4.69, 9.17) is 0 Å². The van der Waals surface area contributed by atoms with Crippen LogP contribution in [0.3, 0.4) is 0 Å². The number of nitrogens with one attached hydrogen (secondary N) is 2. The molecule has 1 aromatic rings. The molecule has 0 saturated heterocycles. The number of rotatable bonds is 5. The highest BCUT2D eigenvalue weighted by Crippen LogP contribution is 2.22. The molecule has 0 heterocycles. The van der Waals surface area contributed by atoms with E-state index in [1.54, 1.807) is 24.3 Å². The smallest absolute Gasteiger partial charge is 0.243 e. The molecule has 1 unspecified atom stereocenters. The lowest BCUT2D eigenvalue weighted by molar-refractivity contribution is 0.491. The van der Waals surface area contributed by atoms with E-state index in [1.165, 1.54) is 0 Å². The van der Waals surface area contributed by atoms with Crippen molar-refractivity contribution in [2.75, 3.05) is 5.43 Å². The highest BCUT2D eigenvalue weighted by Gasteiger charge is 2.24. The fourth-order valence-corrected chi connectivity index (χ4v) is 3.99. The van der Waals surface area contributed by atoms with Gasteiger partial charge in [0.15, 0.2) is 0 Å². The number of hydrogen-bond acceptors (Lipinski definition) is 4. The molecule has 0 saturated carbocycles. The van der Waals surface area contributed by atoms with Gasteiger partial charge in [0.25, 0.3) is 0 Å². The van der Waals surface area contributed by atoms with E-state index in [-0.39, 0.29) is 4.90 Å². The van der Waals surface area contributed by atoms with Gasteiger partial charge in [-0.25, -0.2) is 13.1 Å². The summed E-state index contributed by atoms with van der Waals surface area (Å²) in [6.45, 7) is 5.44. The lowest BCUT2D eigenvalue weighted by Crippen LogP contribution is -2.40. The maximum atomic E-state index is 12.5. The van der Waals surface area contributed by atoms with Gasteiger partial charge in [-0.05, 0) is 58.1 Å². The van der Waals surface area contributed by atoms with E-state index < -0.39 is 15.6 Å². The Kier molecular flexibility index (Phi) is 5.59. The van der Waals surface area contributed by atoms with Crippen molar-refractivity contribution in [2.45, 2.75) is 50.5 Å². The normalized spacial score (nSPS) is 19.2. The lowest BCUT2D eigenvalue weighted by Gasteiger charge is -2.21. The van der Waals surface area contributed by atoms with Gasteiger partial charge in [0.05, 0.1) is 5.69 Å². The number of anilines is 1. The van der Waals surface area contributed by atoms with Gasteiger partial charge in [-0.3, -0.25) is 5.43 Å². The number of allylic oxidation sites excluding steroid dienone is 2. The summed E-state index contributed by atoms with van der Waals surface area (Å²) in [4.78, 5) is 0.204. The topological polar surface area (TPSA) is 70.6 Å². The zero-order chi connectivity index (χ0) is 16.9. The fraction of sp³-hybridized carbons (Fsp3) is 0.471. The standard InChI is InChI=1S/C17H25N3O2S/c1-17(2,3)20-23(21,22)16-12-8-7-11-15(16)19-18-13-14-9-5-4-6-10-14/h4-5,7-8,11-14,19-20H,6,9-10H2,1-3H3/b18-13+. The van der Waals surface area contributed by atoms with Crippen molar-refractivity contribution in [1.29, 1.82) is 0 Å². The summed E-state index contributed by atoms with van der Waals surface area (Å²) < 4.78 is 27.7. The highest BCUT2D eigenvalue weighted by molar-refractivity contribution is 7.89. The Morgan fingerprint density at radius 2 is 1.96 bits per heavy atom. The molecule has 0 aromatic heterocycles. The Morgan fingerprint density at radius 3 is 2.61 bits per heavy atom. The van der Waals surface area contributed by atoms with Crippen molar-refractivity contribution in [3.05, 3.63) is 36.4 Å². The molecule has 0 spiro atoms. The largest absolute Gasteiger partial charge is 0.277 e. The van der Waals surface area contributed by atoms with Crippen molar-refractivity contribution in [3.8, 4) is 0 Å². The van der Waals surface area contributed by atoms with Gasteiger partial charge in [-0.2, -0.15) is 5.10 Å². The molecular weight excluding hydrogens is 310 g/mol. The minimum atomic E-state index is -3.60. The van der Waals surface area contributed by atoms with E-state index >= 15 is 0 Å². The van der Waals surface area contributed by atoms with E-state index in [1.807, 2.05) is 27.0 Å². The molecule has 5 nitrogen and oxygen atoms in total. The number of hydrazone groups is 1. The van der Waals surface area contributed by atoms with Gasteiger partial charge in [0.2, 0.25) is 10.0 Å². The first kappa shape index (κ1) is 17.7. The Hall–Kier alpha value is -1.66. The Bertz CT molecular complexity index is 688. The van der Waals surface area contributed by atoms with E-state index in [2.05, 4.69) is 27.4 Å². The van der Waals surface area contributed by atoms with Crippen LogP contribution < -0.4 is 10.1 Å². The third-order valence-corrected chi connectivity index (χ3v) is 5.21. The van der Waals surface area contributed by atoms with Crippen LogP contribution in [0.1, 0.15) is 40.0 Å². The van der Waals surface area contributed by atoms with Crippen LogP contribution in [0, 0.1) is 5.92 Å². The molecule has 1 aliphatic carbocycles. The Balaban J connectivity index is 2.14. The van der Waals surface area contributed by atoms with Crippen molar-refractivity contribution in [2.24, 2.45) is 11.0 Å². The highest BCUT2D eigenvalue weighted by atomic mass is 32.2. The van der Waals surface area contributed by atoms with E-state index in [0.29, 0.717) is 11.6 Å². The van der Waals surface area contributed by atoms with Gasteiger partial charge < -0.3 is 0 Å². The molecule has 2 rings (SSSR count). The lowest BCUT2D eigenvalue weighted by atomic mass is 9.96. The van der Waals surface area contributed by atoms with Crippen molar-refractivity contribution in [1.82, 2.24) is 4.72 Å². The molecule has 1 aliphatic rings. The zero-order valence-corrected chi connectivity index (χ0v) is 14.7. The SMILES string of the molecule is CC(C)(C)NS(=O)(=O)c1ccccc1N/N=C/C1CC=CCC1. The molecule has 23 heavy (non-hydrogen) atoms. The summed E-state index contributed by atoms with van der Waals surface area (Å²) in [5.74, 6) is 0.406. The number of hydrogen-bond donors (Lipinski definition) is 2. The summed E-state index contributed by atoms with van der Waals surface area (Å²) >= 11 is 0. The molecular formula is C17H25N3O2S. The van der Waals surface area contributed by atoms with Gasteiger partial charge >= 0.3 is 0 Å². The average molecular weight is 335 g/mol. The molecule has 2 N–H and O–H groups in total. The predicted molar refractivity (Wildman–Crippen MR) is 95.1 cm³/mol. The van der Waals surface area contributed by atoms with Crippen LogP contribution >= 0.6 is 0 Å². The van der Waals surface area contributed by atoms with Crippen LogP contribution in [0.15, 0.2) is 46.4 Å². The molecule has 0 aliphatic heterocycles. The monoisotopic (exact) mass is 335 g/mol. The van der Waals surface area contributed by atoms with Crippen LogP contribution in [0.25, 0.3) is 0 Å². The van der Waals surface area contributed by atoms with Gasteiger partial charge in [0, 0.05) is 11.8 Å². The van der Waals surface area contributed by atoms with Gasteiger partial charge in [-0.15, -0.1) is 0 Å². The molecule has 0 amide bonds. The minimum Gasteiger partial charge on any atom is -0.277 e. The Labute approximate surface area is 138 Å². The maximum absolute atomic E-state index is 12.5. The summed E-state index contributed by atoms with van der Waals surface area (Å²) in [6.07, 6.45) is 9.33. The average Bonchev–Trinajstić information content (AvgIpc) is 2.46. The van der Waals surface area contributed by atoms with Crippen LogP contribution in [0.5, 0.6) is 0 Å². The summed E-state index contributed by atoms with van der Waals surface area (Å²) in [6, 6.07) is 6.79. The second-order valence-electron chi connectivity index (χ2n) is 6.79. The number of sulfonamides is 1. The maximum Gasteiger partial charge on any atom is 0.243 e. The van der Waals surface area contributed by atoms with Gasteiger partial charge in [-0.1, -0.05) is 24.3 Å². The van der Waals surface area contributed by atoms with Crippen molar-refractivity contribution < 1.29 is 8.42 Å². The first-order valence-electron chi connectivity index (χ1n) is 7.85. The van der Waals surface area contributed by atoms with Crippen LogP contribution in [0.2, 0.25) is 0 Å². The van der Waals surface area contributed by atoms with Crippen molar-refractivity contribution in [3.63, 3.8) is 0 Å². The fourth-order valence-electron chi connectivity index (χ4n) is 2.42. The second-order valence-corrected chi connectivity index (χ2v) is 8.44. The van der Waals surface area contributed by atoms with Gasteiger partial charge in [0.1, 0.15) is 4.90 Å². The summed E-state index contributed by atoms with van der Waals surface area (Å²) in [5.41, 5.74) is 2.82. The molecule has 1 aromatic carbocycles. The molecule has 1 atom stereocenters. The van der Waals surface area contributed by atoms with E-state index in [9.17, 15) is 8.42 Å². The van der Waals surface area contributed by atoms with E-state index in [0.717, 1.165) is 19.3 Å². The minimum absolute atomic E-state index is 0.204. The van der Waals surface area contributed by atoms with Crippen molar-refractivity contribution >= 4 is 21.9 Å². The second kappa shape index (κ2) is 7.27. The zero-order valence-electron chi connectivity index (χ0n) is 13.9. The quantitative estimate of drug-likeness (QED) is 0.491. The predicted octanol–water partition coefficient (Wildman–Crippen LogP) is 3.52. The molecule has 0 fully saturated rings. The van der Waals surface area contributed by atoms with Crippen LogP contribution in [-0.4, -0.2) is 20.2 Å². The first-order chi connectivity index (χ1) is 10.8. The number of para-hydroxylation sites is 1. The van der Waals surface area contributed by atoms with Crippen LogP contribution in [-0.2, 0) is 10.0 Å². The summed E-state index contributed by atoms with van der Waals surface area (Å²) in [7, 11) is -3.60. The third-order valence-electron chi connectivity index (χ3n) is 3.40. The third kappa shape index (κ3) is 5.48.